The summed E-state index contributed by atoms with van der Waals surface area (Å²) in [6, 6.07) is 11.6. The first kappa shape index (κ1) is 46.6. The van der Waals surface area contributed by atoms with Gasteiger partial charge in [-0.25, -0.2) is 15.0 Å². The van der Waals surface area contributed by atoms with Crippen LogP contribution in [0, 0.1) is 35.5 Å². The van der Waals surface area contributed by atoms with Crippen LogP contribution < -0.4 is 14.2 Å². The summed E-state index contributed by atoms with van der Waals surface area (Å²) in [7, 11) is 0. The van der Waals surface area contributed by atoms with Crippen LogP contribution in [0.3, 0.4) is 0 Å². The minimum absolute atomic E-state index is 0.0815. The zero-order chi connectivity index (χ0) is 43.7. The normalized spacial score (nSPS) is 25.6. The van der Waals surface area contributed by atoms with Crippen LogP contribution in [0.4, 0.5) is 0 Å². The number of nitrogens with zero attached hydrogens (tertiary/aromatic N) is 3. The topological polar surface area (TPSA) is 256 Å². The highest BCUT2D eigenvalue weighted by Gasteiger charge is 2.44. The second kappa shape index (κ2) is 23.5. The van der Waals surface area contributed by atoms with Crippen molar-refractivity contribution in [2.45, 2.75) is 80.5 Å². The van der Waals surface area contributed by atoms with Crippen molar-refractivity contribution in [3.63, 3.8) is 0 Å². The molecular formula is C44H49N3O14. The van der Waals surface area contributed by atoms with Gasteiger partial charge < -0.3 is 69.3 Å². The average molecular weight is 844 g/mol. The monoisotopic (exact) mass is 843 g/mol. The third kappa shape index (κ3) is 13.3. The average Bonchev–Trinajstić information content (AvgIpc) is 3.27. The van der Waals surface area contributed by atoms with Crippen molar-refractivity contribution >= 4 is 0 Å². The minimum atomic E-state index is -1.58. The standard InChI is InChI=1S/C44H49N3O14/c1-3-5-19-56-31-23-29(45-30(24-31)15-18-34-38(50)41(53)39(51)35(25-48)60-34)13-16-32-33(57-20-6-4-2)17-14-28(46-32)12-11-27-9-7-10-37(47-27)58-21-8-22-59-44-43(55)42(54)40(52)36(26-49)61-44/h3-4,7,9-10,14,17,23-24,34-36,38-44,48-55H,1-2,5-6,8,19-22,25-26H2/t34-,35-,36-,38+,39-,40-,41-,42+,43-,44?/m1/s1. The van der Waals surface area contributed by atoms with Gasteiger partial charge in [-0.3, -0.25) is 0 Å². The Morgan fingerprint density at radius 2 is 1.25 bits per heavy atom. The predicted molar refractivity (Wildman–Crippen MR) is 216 cm³/mol. The molecule has 2 fully saturated rings. The molecule has 324 valence electrons. The molecule has 0 aromatic carbocycles. The lowest BCUT2D eigenvalue weighted by Crippen LogP contribution is -2.59. The molecule has 0 amide bonds. The van der Waals surface area contributed by atoms with Gasteiger partial charge in [0, 0.05) is 24.6 Å². The Hall–Kier alpha value is -5.43. The first-order chi connectivity index (χ1) is 29.5. The van der Waals surface area contributed by atoms with Crippen molar-refractivity contribution in [3.8, 4) is 52.9 Å². The van der Waals surface area contributed by atoms with Crippen LogP contribution in [0.1, 0.15) is 47.7 Å². The van der Waals surface area contributed by atoms with Gasteiger partial charge in [0.05, 0.1) is 39.6 Å². The summed E-state index contributed by atoms with van der Waals surface area (Å²) in [6.45, 7) is 7.21. The molecule has 17 heteroatoms. The summed E-state index contributed by atoms with van der Waals surface area (Å²) in [6.07, 6.45) is -8.86. The summed E-state index contributed by atoms with van der Waals surface area (Å²) in [5.74, 6) is 18.6. The maximum atomic E-state index is 10.4. The van der Waals surface area contributed by atoms with Crippen molar-refractivity contribution < 1.29 is 69.3 Å². The van der Waals surface area contributed by atoms with E-state index in [0.717, 1.165) is 0 Å². The zero-order valence-electron chi connectivity index (χ0n) is 33.1. The zero-order valence-corrected chi connectivity index (χ0v) is 33.1. The highest BCUT2D eigenvalue weighted by atomic mass is 16.7. The number of aliphatic hydroxyl groups is 8. The molecule has 0 bridgehead atoms. The Balaban J connectivity index is 1.30. The molecule has 5 heterocycles. The number of rotatable bonds is 16. The van der Waals surface area contributed by atoms with E-state index in [-0.39, 0.29) is 30.3 Å². The SMILES string of the molecule is C=CCCOc1cc(C#Cc2nc(C#Cc3cccc(OCCCOC4O[C@H](CO)[C@@H](O)[C@H](O)[C@H]4O)n3)ccc2OCCC=C)nc(C#C[C@H]2O[C@H](CO)[C@@H](O)[C@H](O)[C@H]2O)c1. The van der Waals surface area contributed by atoms with Crippen LogP contribution in [-0.4, -0.2) is 157 Å². The van der Waals surface area contributed by atoms with E-state index in [1.165, 1.54) is 0 Å². The largest absolute Gasteiger partial charge is 0.493 e. The van der Waals surface area contributed by atoms with Gasteiger partial charge in [0.25, 0.3) is 0 Å². The van der Waals surface area contributed by atoms with Crippen molar-refractivity contribution in [1.29, 1.82) is 0 Å². The van der Waals surface area contributed by atoms with Gasteiger partial charge in [-0.1, -0.05) is 24.1 Å². The molecule has 17 nitrogen and oxygen atoms in total. The molecule has 2 aliphatic rings. The van der Waals surface area contributed by atoms with Gasteiger partial charge in [-0.2, -0.15) is 0 Å². The number of aromatic nitrogens is 3. The van der Waals surface area contributed by atoms with E-state index in [0.29, 0.717) is 61.2 Å². The second-order valence-corrected chi connectivity index (χ2v) is 13.6. The second-order valence-electron chi connectivity index (χ2n) is 13.6. The molecule has 0 radical (unpaired) electrons. The fourth-order valence-corrected chi connectivity index (χ4v) is 5.77. The van der Waals surface area contributed by atoms with Gasteiger partial charge in [-0.15, -0.1) is 13.2 Å². The van der Waals surface area contributed by atoms with Crippen LogP contribution in [-0.2, 0) is 14.2 Å². The number of hydrogen-bond donors (Lipinski definition) is 8. The smallest absolute Gasteiger partial charge is 0.214 e. The minimum Gasteiger partial charge on any atom is -0.493 e. The Bertz CT molecular complexity index is 2120. The summed E-state index contributed by atoms with van der Waals surface area (Å²) >= 11 is 0. The van der Waals surface area contributed by atoms with Crippen LogP contribution in [0.5, 0.6) is 17.4 Å². The molecule has 61 heavy (non-hydrogen) atoms. The molecule has 0 saturated carbocycles. The number of hydrogen-bond acceptors (Lipinski definition) is 17. The quantitative estimate of drug-likeness (QED) is 0.0507. The van der Waals surface area contributed by atoms with E-state index >= 15 is 0 Å². The van der Waals surface area contributed by atoms with Crippen LogP contribution >= 0.6 is 0 Å². The first-order valence-electron chi connectivity index (χ1n) is 19.4. The molecule has 2 aliphatic heterocycles. The molecule has 5 rings (SSSR count). The molecular weight excluding hydrogens is 794 g/mol. The lowest BCUT2D eigenvalue weighted by Gasteiger charge is -2.39. The fraction of sp³-hybridized carbons (Fsp3) is 0.432. The molecule has 1 unspecified atom stereocenters. The summed E-state index contributed by atoms with van der Waals surface area (Å²) in [5.41, 5.74) is 1.48. The lowest BCUT2D eigenvalue weighted by atomic mass is 9.95. The Labute approximate surface area is 352 Å². The van der Waals surface area contributed by atoms with Crippen molar-refractivity contribution in [2.75, 3.05) is 39.6 Å². The highest BCUT2D eigenvalue weighted by molar-refractivity contribution is 5.50. The van der Waals surface area contributed by atoms with Crippen LogP contribution in [0.25, 0.3) is 0 Å². The lowest BCUT2D eigenvalue weighted by molar-refractivity contribution is -0.301. The van der Waals surface area contributed by atoms with E-state index in [9.17, 15) is 40.9 Å². The highest BCUT2D eigenvalue weighted by Crippen LogP contribution is 2.24. The number of pyridine rings is 3. The van der Waals surface area contributed by atoms with Crippen LogP contribution in [0.15, 0.2) is 67.8 Å². The van der Waals surface area contributed by atoms with E-state index in [4.69, 9.17) is 28.4 Å². The maximum absolute atomic E-state index is 10.4. The summed E-state index contributed by atoms with van der Waals surface area (Å²) in [4.78, 5) is 13.6. The van der Waals surface area contributed by atoms with Gasteiger partial charge in [-0.05, 0) is 60.6 Å². The van der Waals surface area contributed by atoms with Gasteiger partial charge in [0.15, 0.2) is 17.7 Å². The first-order valence-corrected chi connectivity index (χ1v) is 19.4. The van der Waals surface area contributed by atoms with Gasteiger partial charge >= 0.3 is 0 Å². The van der Waals surface area contributed by atoms with Gasteiger partial charge in [0.2, 0.25) is 5.88 Å². The molecule has 10 atom stereocenters. The third-order valence-electron chi connectivity index (χ3n) is 9.08. The van der Waals surface area contributed by atoms with E-state index in [1.54, 1.807) is 54.6 Å². The molecule has 3 aromatic rings. The van der Waals surface area contributed by atoms with E-state index < -0.39 is 74.4 Å². The van der Waals surface area contributed by atoms with Crippen molar-refractivity contribution in [2.24, 2.45) is 0 Å². The molecule has 8 N–H and O–H groups in total. The molecule has 0 spiro atoms. The third-order valence-corrected chi connectivity index (χ3v) is 9.08. The molecule has 0 aliphatic carbocycles. The fourth-order valence-electron chi connectivity index (χ4n) is 5.77. The van der Waals surface area contributed by atoms with E-state index in [2.05, 4.69) is 63.6 Å². The Kier molecular flexibility index (Phi) is 18.0. The van der Waals surface area contributed by atoms with Crippen molar-refractivity contribution in [3.05, 3.63) is 96.2 Å². The van der Waals surface area contributed by atoms with Crippen molar-refractivity contribution in [1.82, 2.24) is 15.0 Å². The van der Waals surface area contributed by atoms with Crippen LogP contribution in [0.2, 0.25) is 0 Å². The van der Waals surface area contributed by atoms with E-state index in [1.807, 2.05) is 0 Å². The Morgan fingerprint density at radius 3 is 1.95 bits per heavy atom. The number of aliphatic hydroxyl groups excluding tert-OH is 8. The van der Waals surface area contributed by atoms with Gasteiger partial charge in [0.1, 0.15) is 83.5 Å². The maximum Gasteiger partial charge on any atom is 0.214 e. The molecule has 2 saturated heterocycles. The molecule has 3 aromatic heterocycles. The summed E-state index contributed by atoms with van der Waals surface area (Å²) < 4.78 is 33.9. The summed E-state index contributed by atoms with van der Waals surface area (Å²) in [5, 5.41) is 79.7. The Morgan fingerprint density at radius 1 is 0.607 bits per heavy atom. The predicted octanol–water partition coefficient (Wildman–Crippen LogP) is -0.640. The number of ether oxygens (including phenoxy) is 6.